The van der Waals surface area contributed by atoms with E-state index in [1.807, 2.05) is 52.8 Å². The van der Waals surface area contributed by atoms with Crippen LogP contribution in [0.25, 0.3) is 0 Å². The lowest BCUT2D eigenvalue weighted by Crippen LogP contribution is -2.41. The van der Waals surface area contributed by atoms with Crippen molar-refractivity contribution < 1.29 is 14.6 Å². The van der Waals surface area contributed by atoms with Crippen molar-refractivity contribution in [2.24, 2.45) is 0 Å². The molecule has 0 aromatic carbocycles. The number of carbonyl (C=O) groups excluding carboxylic acids is 1. The second-order valence-electron chi connectivity index (χ2n) is 6.59. The van der Waals surface area contributed by atoms with E-state index >= 15 is 0 Å². The monoisotopic (exact) mass is 405 g/mol. The van der Waals surface area contributed by atoms with Gasteiger partial charge in [0.1, 0.15) is 5.60 Å². The molecule has 0 aromatic heterocycles. The third kappa shape index (κ3) is 17.5. The Balaban J connectivity index is -0.00000158. The molecule has 1 atom stereocenters. The van der Waals surface area contributed by atoms with Crippen LogP contribution < -0.4 is 5.32 Å². The lowest BCUT2D eigenvalue weighted by atomic mass is 10.0. The van der Waals surface area contributed by atoms with Crippen LogP contribution >= 0.6 is 0 Å². The average Bonchev–Trinajstić information content (AvgIpc) is 2.69. The third-order valence-corrected chi connectivity index (χ3v) is 3.21. The Hall–Kier alpha value is -2.33. The summed E-state index contributed by atoms with van der Waals surface area (Å²) in [6, 6.07) is -0.449. The first-order chi connectivity index (χ1) is 13.7. The maximum atomic E-state index is 11.8. The Morgan fingerprint density at radius 1 is 1.03 bits per heavy atom. The molecule has 29 heavy (non-hydrogen) atoms. The van der Waals surface area contributed by atoms with Gasteiger partial charge in [0.05, 0.1) is 12.6 Å². The molecule has 166 valence electrons. The summed E-state index contributed by atoms with van der Waals surface area (Å²) >= 11 is 0. The van der Waals surface area contributed by atoms with Gasteiger partial charge in [0, 0.05) is 0 Å². The summed E-state index contributed by atoms with van der Waals surface area (Å²) in [7, 11) is 0. The van der Waals surface area contributed by atoms with Crippen LogP contribution in [0.3, 0.4) is 0 Å². The molecule has 0 rings (SSSR count). The van der Waals surface area contributed by atoms with Crippen LogP contribution in [0.5, 0.6) is 0 Å². The largest absolute Gasteiger partial charge is 0.444 e. The molecular weight excluding hydrogens is 362 g/mol. The van der Waals surface area contributed by atoms with E-state index in [0.29, 0.717) is 6.42 Å². The molecule has 0 saturated carbocycles. The zero-order valence-corrected chi connectivity index (χ0v) is 19.8. The quantitative estimate of drug-likeness (QED) is 0.421. The van der Waals surface area contributed by atoms with Gasteiger partial charge in [0.15, 0.2) is 0 Å². The van der Waals surface area contributed by atoms with Crippen molar-refractivity contribution >= 4 is 6.09 Å². The molecule has 2 N–H and O–H groups in total. The molecule has 1 unspecified atom stereocenters. The number of amides is 1. The minimum absolute atomic E-state index is 0.193. The number of alkyl carbamates (subject to hydrolysis) is 1. The van der Waals surface area contributed by atoms with Crippen LogP contribution in [0.4, 0.5) is 4.79 Å². The Labute approximate surface area is 179 Å². The van der Waals surface area contributed by atoms with Crippen molar-refractivity contribution in [3.8, 4) is 0 Å². The first-order valence-electron chi connectivity index (χ1n) is 10.2. The van der Waals surface area contributed by atoms with Gasteiger partial charge in [-0.05, 0) is 50.8 Å². The Bertz CT molecular complexity index is 575. The molecule has 4 heteroatoms. The maximum absolute atomic E-state index is 11.8. The highest BCUT2D eigenvalue weighted by Crippen LogP contribution is 2.14. The van der Waals surface area contributed by atoms with Crippen molar-refractivity contribution in [2.75, 3.05) is 6.61 Å². The minimum atomic E-state index is -0.584. The van der Waals surface area contributed by atoms with Crippen molar-refractivity contribution in [3.63, 3.8) is 0 Å². The molecule has 0 bridgehead atoms. The van der Waals surface area contributed by atoms with E-state index in [2.05, 4.69) is 25.1 Å². The zero-order chi connectivity index (χ0) is 23.5. The van der Waals surface area contributed by atoms with Gasteiger partial charge in [-0.15, -0.1) is 0 Å². The first-order valence-corrected chi connectivity index (χ1v) is 10.2. The standard InChI is InChI=1S/C21H31NO3.2C2H6/c1-8-11-18(10-3)16(4)12-13-17(9-2)14-19(15-23)22-20(24)25-21(5,6)7;2*1-2/h8-13,19,23H,1-3,14-15H2,4-7H3,(H,22,24);2*1-2H3/b16-12+,17-13+,18-11+;;. The van der Waals surface area contributed by atoms with E-state index in [0.717, 1.165) is 16.7 Å². The van der Waals surface area contributed by atoms with Crippen LogP contribution in [-0.4, -0.2) is 29.4 Å². The fourth-order valence-electron chi connectivity index (χ4n) is 1.96. The van der Waals surface area contributed by atoms with Crippen LogP contribution in [-0.2, 0) is 4.74 Å². The van der Waals surface area contributed by atoms with Crippen LogP contribution in [0, 0.1) is 0 Å². The Kier molecular flexibility index (Phi) is 20.6. The summed E-state index contributed by atoms with van der Waals surface area (Å²) in [5.74, 6) is 0. The van der Waals surface area contributed by atoms with E-state index in [-0.39, 0.29) is 6.61 Å². The molecule has 0 fully saturated rings. The summed E-state index contributed by atoms with van der Waals surface area (Å²) in [6.45, 7) is 26.4. The Morgan fingerprint density at radius 2 is 1.59 bits per heavy atom. The molecule has 0 saturated heterocycles. The van der Waals surface area contributed by atoms with Gasteiger partial charge in [-0.2, -0.15) is 0 Å². The van der Waals surface area contributed by atoms with Gasteiger partial charge in [-0.3, -0.25) is 0 Å². The predicted molar refractivity (Wildman–Crippen MR) is 128 cm³/mol. The van der Waals surface area contributed by atoms with Gasteiger partial charge in [0.2, 0.25) is 0 Å². The van der Waals surface area contributed by atoms with Gasteiger partial charge in [-0.25, -0.2) is 4.79 Å². The van der Waals surface area contributed by atoms with Crippen molar-refractivity contribution in [2.45, 2.75) is 73.5 Å². The number of rotatable bonds is 9. The molecule has 0 aliphatic rings. The van der Waals surface area contributed by atoms with Gasteiger partial charge >= 0.3 is 6.09 Å². The number of allylic oxidation sites excluding steroid dienone is 8. The lowest BCUT2D eigenvalue weighted by Gasteiger charge is -2.23. The third-order valence-electron chi connectivity index (χ3n) is 3.21. The first kappa shape index (κ1) is 31.4. The molecule has 0 heterocycles. The summed E-state index contributed by atoms with van der Waals surface area (Å²) in [5, 5.41) is 12.2. The topological polar surface area (TPSA) is 58.6 Å². The van der Waals surface area contributed by atoms with Crippen molar-refractivity contribution in [1.29, 1.82) is 0 Å². The number of carbonyl (C=O) groups is 1. The highest BCUT2D eigenvalue weighted by atomic mass is 16.6. The van der Waals surface area contributed by atoms with Crippen molar-refractivity contribution in [1.82, 2.24) is 5.32 Å². The smallest absolute Gasteiger partial charge is 0.407 e. The van der Waals surface area contributed by atoms with Gasteiger partial charge in [-0.1, -0.05) is 83.9 Å². The molecule has 0 aromatic rings. The molecular formula is C25H43NO3. The predicted octanol–water partition coefficient (Wildman–Crippen LogP) is 6.67. The summed E-state index contributed by atoms with van der Waals surface area (Å²) in [5.41, 5.74) is 2.30. The maximum Gasteiger partial charge on any atom is 0.407 e. The Morgan fingerprint density at radius 3 is 1.97 bits per heavy atom. The van der Waals surface area contributed by atoms with E-state index < -0.39 is 17.7 Å². The lowest BCUT2D eigenvalue weighted by molar-refractivity contribution is 0.0483. The number of hydrogen-bond acceptors (Lipinski definition) is 3. The molecule has 0 aliphatic carbocycles. The second-order valence-corrected chi connectivity index (χ2v) is 6.59. The van der Waals surface area contributed by atoms with E-state index in [4.69, 9.17) is 4.74 Å². The highest BCUT2D eigenvalue weighted by Gasteiger charge is 2.19. The van der Waals surface area contributed by atoms with Gasteiger partial charge < -0.3 is 15.2 Å². The number of hydrogen-bond donors (Lipinski definition) is 2. The molecule has 0 radical (unpaired) electrons. The second kappa shape index (κ2) is 19.0. The highest BCUT2D eigenvalue weighted by molar-refractivity contribution is 5.68. The fraction of sp³-hybridized carbons (Fsp3) is 0.480. The zero-order valence-electron chi connectivity index (χ0n) is 19.8. The minimum Gasteiger partial charge on any atom is -0.444 e. The number of ether oxygens (including phenoxy) is 1. The van der Waals surface area contributed by atoms with E-state index in [1.54, 1.807) is 39.0 Å². The SMILES string of the molecule is C=C/C=C(C=C)/C(C)=C/C=C(\C=C)CC(CO)NC(=O)OC(C)(C)C.CC.CC. The normalized spacial score (nSPS) is 12.9. The molecule has 0 spiro atoms. The van der Waals surface area contributed by atoms with E-state index in [9.17, 15) is 9.90 Å². The number of aliphatic hydroxyl groups is 1. The molecule has 4 nitrogen and oxygen atoms in total. The van der Waals surface area contributed by atoms with Crippen molar-refractivity contribution in [3.05, 3.63) is 72.9 Å². The van der Waals surface area contributed by atoms with Gasteiger partial charge in [0.25, 0.3) is 0 Å². The summed E-state index contributed by atoms with van der Waals surface area (Å²) < 4.78 is 5.21. The summed E-state index contributed by atoms with van der Waals surface area (Å²) in [6.07, 6.45) is 10.8. The number of nitrogens with one attached hydrogen (secondary N) is 1. The molecule has 0 aliphatic heterocycles. The summed E-state index contributed by atoms with van der Waals surface area (Å²) in [4.78, 5) is 11.8. The van der Waals surface area contributed by atoms with Crippen LogP contribution in [0.1, 0.15) is 61.8 Å². The van der Waals surface area contributed by atoms with Crippen LogP contribution in [0.2, 0.25) is 0 Å². The molecule has 1 amide bonds. The fourth-order valence-corrected chi connectivity index (χ4v) is 1.96. The van der Waals surface area contributed by atoms with E-state index in [1.165, 1.54) is 0 Å². The van der Waals surface area contributed by atoms with Crippen LogP contribution in [0.15, 0.2) is 72.9 Å². The average molecular weight is 406 g/mol. The number of aliphatic hydroxyl groups excluding tert-OH is 1.